The van der Waals surface area contributed by atoms with E-state index in [9.17, 15) is 9.90 Å². The summed E-state index contributed by atoms with van der Waals surface area (Å²) >= 11 is 0. The predicted octanol–water partition coefficient (Wildman–Crippen LogP) is 2.09. The van der Waals surface area contributed by atoms with E-state index < -0.39 is 0 Å². The molecule has 112 valence electrons. The third-order valence-electron chi connectivity index (χ3n) is 3.27. The number of aryl methyl sites for hydroxylation is 1. The van der Waals surface area contributed by atoms with Crippen LogP contribution < -0.4 is 11.1 Å². The maximum Gasteiger partial charge on any atom is 0.220 e. The van der Waals surface area contributed by atoms with Crippen molar-refractivity contribution in [3.05, 3.63) is 29.3 Å². The molecule has 0 bridgehead atoms. The molecule has 1 aromatic rings. The Morgan fingerprint density at radius 3 is 2.60 bits per heavy atom. The number of rotatable bonds is 5. The molecule has 0 saturated heterocycles. The van der Waals surface area contributed by atoms with Crippen LogP contribution in [-0.4, -0.2) is 23.6 Å². The zero-order valence-electron chi connectivity index (χ0n) is 12.9. The summed E-state index contributed by atoms with van der Waals surface area (Å²) in [6.45, 7) is 8.50. The number of nitrogens with two attached hydrogens (primary N) is 1. The fraction of sp³-hybridized carbons (Fsp3) is 0.562. The van der Waals surface area contributed by atoms with Crippen LogP contribution in [0.1, 0.15) is 45.2 Å². The fourth-order valence-corrected chi connectivity index (χ4v) is 2.00. The molecule has 4 heteroatoms. The van der Waals surface area contributed by atoms with E-state index in [-0.39, 0.29) is 17.4 Å². The molecule has 1 rings (SSSR count). The number of carbonyl (C=O) groups excluding carboxylic acids is 1. The summed E-state index contributed by atoms with van der Waals surface area (Å²) in [5.74, 6) is 0.316. The first-order chi connectivity index (χ1) is 9.24. The quantitative estimate of drug-likeness (QED) is 0.772. The molecule has 1 unspecified atom stereocenters. The smallest absolute Gasteiger partial charge is 0.220 e. The highest BCUT2D eigenvalue weighted by Gasteiger charge is 2.18. The van der Waals surface area contributed by atoms with Crippen LogP contribution in [-0.2, 0) is 16.6 Å². The van der Waals surface area contributed by atoms with Crippen molar-refractivity contribution in [2.24, 2.45) is 5.73 Å². The number of phenols is 1. The van der Waals surface area contributed by atoms with Crippen LogP contribution in [0.2, 0.25) is 0 Å². The van der Waals surface area contributed by atoms with Gasteiger partial charge in [0.05, 0.1) is 0 Å². The molecule has 0 fully saturated rings. The van der Waals surface area contributed by atoms with Gasteiger partial charge in [-0.2, -0.15) is 0 Å². The summed E-state index contributed by atoms with van der Waals surface area (Å²) in [5, 5.41) is 12.7. The van der Waals surface area contributed by atoms with E-state index in [0.717, 1.165) is 11.1 Å². The van der Waals surface area contributed by atoms with Crippen molar-refractivity contribution in [1.29, 1.82) is 0 Å². The molecule has 20 heavy (non-hydrogen) atoms. The van der Waals surface area contributed by atoms with Crippen LogP contribution in [0.3, 0.4) is 0 Å². The number of amides is 1. The highest BCUT2D eigenvalue weighted by Crippen LogP contribution is 2.31. The minimum absolute atomic E-state index is 0.00690. The summed E-state index contributed by atoms with van der Waals surface area (Å²) < 4.78 is 0. The number of aromatic hydroxyl groups is 1. The SMILES string of the molecule is CC(CN)NC(=O)CCc1ccc(O)c(C(C)(C)C)c1. The lowest BCUT2D eigenvalue weighted by Gasteiger charge is -2.21. The van der Waals surface area contributed by atoms with Gasteiger partial charge in [0.15, 0.2) is 0 Å². The maximum absolute atomic E-state index is 11.7. The number of hydrogen-bond donors (Lipinski definition) is 3. The number of hydrogen-bond acceptors (Lipinski definition) is 3. The predicted molar refractivity (Wildman–Crippen MR) is 81.8 cm³/mol. The molecule has 0 aliphatic rings. The molecule has 0 aromatic heterocycles. The third kappa shape index (κ3) is 4.85. The Hall–Kier alpha value is -1.55. The van der Waals surface area contributed by atoms with Crippen LogP contribution in [0, 0.1) is 0 Å². The lowest BCUT2D eigenvalue weighted by atomic mass is 9.85. The fourth-order valence-electron chi connectivity index (χ4n) is 2.00. The molecular formula is C16H26N2O2. The highest BCUT2D eigenvalue weighted by atomic mass is 16.3. The van der Waals surface area contributed by atoms with Crippen molar-refractivity contribution < 1.29 is 9.90 Å². The van der Waals surface area contributed by atoms with Gasteiger partial charge in [-0.05, 0) is 36.0 Å². The zero-order valence-corrected chi connectivity index (χ0v) is 12.9. The van der Waals surface area contributed by atoms with Crippen LogP contribution in [0.25, 0.3) is 0 Å². The topological polar surface area (TPSA) is 75.3 Å². The molecule has 0 radical (unpaired) electrons. The van der Waals surface area contributed by atoms with Crippen LogP contribution in [0.15, 0.2) is 18.2 Å². The van der Waals surface area contributed by atoms with Gasteiger partial charge < -0.3 is 16.2 Å². The van der Waals surface area contributed by atoms with Crippen LogP contribution >= 0.6 is 0 Å². The molecule has 4 N–H and O–H groups in total. The molecule has 0 aliphatic carbocycles. The Kier molecular flexibility index (Phi) is 5.57. The van der Waals surface area contributed by atoms with Crippen molar-refractivity contribution in [2.75, 3.05) is 6.54 Å². The van der Waals surface area contributed by atoms with E-state index in [1.54, 1.807) is 6.07 Å². The van der Waals surface area contributed by atoms with Crippen LogP contribution in [0.5, 0.6) is 5.75 Å². The Morgan fingerprint density at radius 1 is 1.40 bits per heavy atom. The molecular weight excluding hydrogens is 252 g/mol. The molecule has 1 aromatic carbocycles. The first-order valence-corrected chi connectivity index (χ1v) is 7.06. The van der Waals surface area contributed by atoms with Gasteiger partial charge in [0.25, 0.3) is 0 Å². The van der Waals surface area contributed by atoms with Gasteiger partial charge in [0.1, 0.15) is 5.75 Å². The van der Waals surface area contributed by atoms with Gasteiger partial charge in [-0.1, -0.05) is 32.9 Å². The maximum atomic E-state index is 11.7. The number of phenolic OH excluding ortho intramolecular Hbond substituents is 1. The number of carbonyl (C=O) groups is 1. The molecule has 0 spiro atoms. The van der Waals surface area contributed by atoms with Gasteiger partial charge in [0, 0.05) is 19.0 Å². The summed E-state index contributed by atoms with van der Waals surface area (Å²) in [4.78, 5) is 11.7. The number of nitrogens with one attached hydrogen (secondary N) is 1. The lowest BCUT2D eigenvalue weighted by molar-refractivity contribution is -0.121. The van der Waals surface area contributed by atoms with Crippen molar-refractivity contribution in [3.8, 4) is 5.75 Å². The van der Waals surface area contributed by atoms with E-state index in [1.807, 2.05) is 19.1 Å². The second-order valence-corrected chi connectivity index (χ2v) is 6.31. The highest BCUT2D eigenvalue weighted by molar-refractivity contribution is 5.76. The zero-order chi connectivity index (χ0) is 15.3. The lowest BCUT2D eigenvalue weighted by Crippen LogP contribution is -2.37. The van der Waals surface area contributed by atoms with Gasteiger partial charge in [-0.25, -0.2) is 0 Å². The average Bonchev–Trinajstić information content (AvgIpc) is 2.36. The van der Waals surface area contributed by atoms with E-state index in [2.05, 4.69) is 26.1 Å². The van der Waals surface area contributed by atoms with E-state index >= 15 is 0 Å². The monoisotopic (exact) mass is 278 g/mol. The first kappa shape index (κ1) is 16.5. The molecule has 4 nitrogen and oxygen atoms in total. The Morgan fingerprint density at radius 2 is 2.05 bits per heavy atom. The summed E-state index contributed by atoms with van der Waals surface area (Å²) in [7, 11) is 0. The molecule has 0 saturated carbocycles. The van der Waals surface area contributed by atoms with Gasteiger partial charge in [-0.15, -0.1) is 0 Å². The molecule has 1 amide bonds. The molecule has 0 aliphatic heterocycles. The summed E-state index contributed by atoms with van der Waals surface area (Å²) in [6, 6.07) is 5.56. The van der Waals surface area contributed by atoms with Gasteiger partial charge in [0.2, 0.25) is 5.91 Å². The molecule has 0 heterocycles. The van der Waals surface area contributed by atoms with Crippen molar-refractivity contribution in [2.45, 2.75) is 52.0 Å². The normalized spacial score (nSPS) is 13.1. The Labute approximate surface area is 121 Å². The Bertz CT molecular complexity index is 464. The van der Waals surface area contributed by atoms with Crippen LogP contribution in [0.4, 0.5) is 0 Å². The minimum atomic E-state index is -0.115. The average molecular weight is 278 g/mol. The van der Waals surface area contributed by atoms with Gasteiger partial charge >= 0.3 is 0 Å². The van der Waals surface area contributed by atoms with E-state index in [4.69, 9.17) is 5.73 Å². The minimum Gasteiger partial charge on any atom is -0.508 e. The third-order valence-corrected chi connectivity index (χ3v) is 3.27. The standard InChI is InChI=1S/C16H26N2O2/c1-11(10-17)18-15(20)8-6-12-5-7-14(19)13(9-12)16(2,3)4/h5,7,9,11,19H,6,8,10,17H2,1-4H3,(H,18,20). The second-order valence-electron chi connectivity index (χ2n) is 6.31. The first-order valence-electron chi connectivity index (χ1n) is 7.06. The Balaban J connectivity index is 2.68. The van der Waals surface area contributed by atoms with E-state index in [1.165, 1.54) is 0 Å². The summed E-state index contributed by atoms with van der Waals surface area (Å²) in [6.07, 6.45) is 1.09. The summed E-state index contributed by atoms with van der Waals surface area (Å²) in [5.41, 5.74) is 7.32. The second kappa shape index (κ2) is 6.75. The number of benzene rings is 1. The van der Waals surface area contributed by atoms with Gasteiger partial charge in [-0.3, -0.25) is 4.79 Å². The van der Waals surface area contributed by atoms with Crippen molar-refractivity contribution in [3.63, 3.8) is 0 Å². The largest absolute Gasteiger partial charge is 0.508 e. The molecule has 1 atom stereocenters. The van der Waals surface area contributed by atoms with E-state index in [0.29, 0.717) is 25.1 Å². The van der Waals surface area contributed by atoms with Crippen molar-refractivity contribution in [1.82, 2.24) is 5.32 Å². The van der Waals surface area contributed by atoms with Crippen molar-refractivity contribution >= 4 is 5.91 Å².